The third kappa shape index (κ3) is 2.65. The molecule has 0 bridgehead atoms. The van der Waals surface area contributed by atoms with Gasteiger partial charge >= 0.3 is 0 Å². The van der Waals surface area contributed by atoms with Crippen molar-refractivity contribution in [2.45, 2.75) is 13.8 Å². The van der Waals surface area contributed by atoms with Crippen molar-refractivity contribution in [2.75, 3.05) is 10.7 Å². The summed E-state index contributed by atoms with van der Waals surface area (Å²) in [5, 5.41) is 11.6. The average Bonchev–Trinajstić information content (AvgIpc) is 2.44. The van der Waals surface area contributed by atoms with Gasteiger partial charge in [-0.2, -0.15) is 5.26 Å². The van der Waals surface area contributed by atoms with Gasteiger partial charge in [0.05, 0.1) is 17.3 Å². The first-order valence-electron chi connectivity index (χ1n) is 5.83. The van der Waals surface area contributed by atoms with Crippen molar-refractivity contribution in [3.8, 4) is 6.07 Å². The highest BCUT2D eigenvalue weighted by Gasteiger charge is 2.11. The Morgan fingerprint density at radius 2 is 1.95 bits per heavy atom. The Kier molecular flexibility index (Phi) is 3.77. The smallest absolute Gasteiger partial charge is 0.148 e. The third-order valence-corrected chi connectivity index (χ3v) is 2.75. The van der Waals surface area contributed by atoms with Crippen LogP contribution in [-0.2, 0) is 0 Å². The summed E-state index contributed by atoms with van der Waals surface area (Å²) in [7, 11) is 0. The first-order chi connectivity index (χ1) is 9.55. The van der Waals surface area contributed by atoms with E-state index in [9.17, 15) is 4.39 Å². The number of nitrogens with two attached hydrogens (primary N) is 1. The molecule has 1 aromatic heterocycles. The highest BCUT2D eigenvalue weighted by molar-refractivity contribution is 5.65. The van der Waals surface area contributed by atoms with Crippen molar-refractivity contribution in [1.29, 1.82) is 5.26 Å². The fraction of sp³-hybridized carbons (Fsp3) is 0.154. The molecule has 0 spiro atoms. The molecule has 102 valence electrons. The lowest BCUT2D eigenvalue weighted by atomic mass is 10.2. The number of nitrogen functional groups attached to an aromatic ring is 1. The van der Waals surface area contributed by atoms with Gasteiger partial charge in [0.25, 0.3) is 0 Å². The van der Waals surface area contributed by atoms with E-state index in [4.69, 9.17) is 11.1 Å². The van der Waals surface area contributed by atoms with E-state index in [0.717, 1.165) is 6.07 Å². The van der Waals surface area contributed by atoms with Crippen LogP contribution in [-0.4, -0.2) is 9.97 Å². The number of aromatic nitrogens is 2. The highest BCUT2D eigenvalue weighted by atomic mass is 19.1. The predicted octanol–water partition coefficient (Wildman–Crippen LogP) is 2.13. The van der Waals surface area contributed by atoms with Gasteiger partial charge in [-0.25, -0.2) is 20.2 Å². The Bertz CT molecular complexity index is 692. The van der Waals surface area contributed by atoms with Crippen LogP contribution in [0.5, 0.6) is 0 Å². The molecule has 0 saturated carbocycles. The van der Waals surface area contributed by atoms with Gasteiger partial charge in [0.2, 0.25) is 0 Å². The van der Waals surface area contributed by atoms with E-state index in [2.05, 4.69) is 20.7 Å². The number of hydrazine groups is 1. The number of aryl methyl sites for hydroxylation is 1. The number of hydrogen-bond donors (Lipinski definition) is 3. The molecule has 0 aliphatic rings. The molecule has 20 heavy (non-hydrogen) atoms. The summed E-state index contributed by atoms with van der Waals surface area (Å²) in [6.07, 6.45) is 0. The van der Waals surface area contributed by atoms with Gasteiger partial charge in [-0.05, 0) is 32.0 Å². The standard InChI is InChI=1S/C13H13FN6/c1-7-12(17-8(2)18-13(7)20-16)19-11-4-3-9(6-15)5-10(11)14/h3-5H,16H2,1-2H3,(H2,17,18,19,20). The van der Waals surface area contributed by atoms with Gasteiger partial charge in [-0.15, -0.1) is 0 Å². The lowest BCUT2D eigenvalue weighted by Crippen LogP contribution is -2.13. The zero-order valence-corrected chi connectivity index (χ0v) is 11.0. The summed E-state index contributed by atoms with van der Waals surface area (Å²) in [5.41, 5.74) is 3.62. The number of halogens is 1. The number of benzene rings is 1. The van der Waals surface area contributed by atoms with Gasteiger partial charge in [-0.1, -0.05) is 0 Å². The second-order valence-electron chi connectivity index (χ2n) is 4.17. The van der Waals surface area contributed by atoms with Crippen LogP contribution in [0.4, 0.5) is 21.7 Å². The van der Waals surface area contributed by atoms with Crippen molar-refractivity contribution in [2.24, 2.45) is 5.84 Å². The van der Waals surface area contributed by atoms with Crippen LogP contribution in [0.3, 0.4) is 0 Å². The van der Waals surface area contributed by atoms with E-state index in [1.165, 1.54) is 12.1 Å². The quantitative estimate of drug-likeness (QED) is 0.584. The van der Waals surface area contributed by atoms with E-state index in [1.807, 2.05) is 6.07 Å². The van der Waals surface area contributed by atoms with Gasteiger partial charge in [-0.3, -0.25) is 0 Å². The lowest BCUT2D eigenvalue weighted by Gasteiger charge is -2.13. The molecule has 2 aromatic rings. The summed E-state index contributed by atoms with van der Waals surface area (Å²) < 4.78 is 13.8. The van der Waals surface area contributed by atoms with Gasteiger partial charge in [0.1, 0.15) is 23.3 Å². The number of nitriles is 1. The molecule has 0 fully saturated rings. The molecule has 7 heteroatoms. The van der Waals surface area contributed by atoms with Crippen molar-refractivity contribution >= 4 is 17.3 Å². The Hall–Kier alpha value is -2.72. The molecule has 1 heterocycles. The Labute approximate surface area is 115 Å². The summed E-state index contributed by atoms with van der Waals surface area (Å²) in [4.78, 5) is 8.33. The van der Waals surface area contributed by atoms with E-state index < -0.39 is 5.82 Å². The minimum Gasteiger partial charge on any atom is -0.337 e. The molecule has 0 radical (unpaired) electrons. The van der Waals surface area contributed by atoms with Crippen LogP contribution in [0.15, 0.2) is 18.2 Å². The summed E-state index contributed by atoms with van der Waals surface area (Å²) in [6, 6.07) is 6.05. The normalized spacial score (nSPS) is 9.95. The van der Waals surface area contributed by atoms with E-state index in [0.29, 0.717) is 23.0 Å². The minimum atomic E-state index is -0.526. The van der Waals surface area contributed by atoms with E-state index in [1.54, 1.807) is 13.8 Å². The van der Waals surface area contributed by atoms with Gasteiger partial charge < -0.3 is 10.7 Å². The van der Waals surface area contributed by atoms with Crippen molar-refractivity contribution in [3.05, 3.63) is 41.0 Å². The van der Waals surface area contributed by atoms with Crippen LogP contribution in [0.1, 0.15) is 17.0 Å². The van der Waals surface area contributed by atoms with Gasteiger partial charge in [0.15, 0.2) is 0 Å². The second kappa shape index (κ2) is 5.50. The summed E-state index contributed by atoms with van der Waals surface area (Å²) >= 11 is 0. The molecule has 0 saturated heterocycles. The largest absolute Gasteiger partial charge is 0.337 e. The number of hydrogen-bond acceptors (Lipinski definition) is 6. The Morgan fingerprint density at radius 3 is 2.55 bits per heavy atom. The molecule has 0 aliphatic carbocycles. The number of anilines is 3. The minimum absolute atomic E-state index is 0.230. The molecule has 4 N–H and O–H groups in total. The maximum Gasteiger partial charge on any atom is 0.148 e. The SMILES string of the molecule is Cc1nc(NN)c(C)c(Nc2ccc(C#N)cc2F)n1. The van der Waals surface area contributed by atoms with Crippen LogP contribution in [0.2, 0.25) is 0 Å². The molecule has 0 unspecified atom stereocenters. The third-order valence-electron chi connectivity index (χ3n) is 2.75. The maximum atomic E-state index is 13.8. The molecule has 1 aromatic carbocycles. The van der Waals surface area contributed by atoms with Crippen molar-refractivity contribution in [3.63, 3.8) is 0 Å². The molecular formula is C13H13FN6. The number of nitrogens with zero attached hydrogens (tertiary/aromatic N) is 3. The van der Waals surface area contributed by atoms with Crippen molar-refractivity contribution < 1.29 is 4.39 Å². The van der Waals surface area contributed by atoms with Crippen LogP contribution >= 0.6 is 0 Å². The zero-order chi connectivity index (χ0) is 14.7. The van der Waals surface area contributed by atoms with Crippen LogP contribution < -0.4 is 16.6 Å². The van der Waals surface area contributed by atoms with Crippen LogP contribution in [0, 0.1) is 31.0 Å². The Balaban J connectivity index is 2.40. The number of nitrogens with one attached hydrogen (secondary N) is 2. The topological polar surface area (TPSA) is 99.6 Å². The number of rotatable bonds is 3. The monoisotopic (exact) mass is 272 g/mol. The van der Waals surface area contributed by atoms with E-state index in [-0.39, 0.29) is 11.3 Å². The van der Waals surface area contributed by atoms with Crippen molar-refractivity contribution in [1.82, 2.24) is 9.97 Å². The van der Waals surface area contributed by atoms with E-state index >= 15 is 0 Å². The molecule has 0 aliphatic heterocycles. The summed E-state index contributed by atoms with van der Waals surface area (Å²) in [5.74, 6) is 6.27. The maximum absolute atomic E-state index is 13.8. The molecule has 0 amide bonds. The first kappa shape index (κ1) is 13.7. The first-order valence-corrected chi connectivity index (χ1v) is 5.83. The molecule has 2 rings (SSSR count). The fourth-order valence-electron chi connectivity index (χ4n) is 1.70. The fourth-order valence-corrected chi connectivity index (χ4v) is 1.70. The zero-order valence-electron chi connectivity index (χ0n) is 11.0. The summed E-state index contributed by atoms with van der Waals surface area (Å²) in [6.45, 7) is 3.47. The average molecular weight is 272 g/mol. The molecule has 6 nitrogen and oxygen atoms in total. The lowest BCUT2D eigenvalue weighted by molar-refractivity contribution is 0.631. The van der Waals surface area contributed by atoms with Crippen LogP contribution in [0.25, 0.3) is 0 Å². The second-order valence-corrected chi connectivity index (χ2v) is 4.17. The van der Waals surface area contributed by atoms with Gasteiger partial charge in [0, 0.05) is 5.56 Å². The molecule has 0 atom stereocenters. The predicted molar refractivity (Wildman–Crippen MR) is 73.7 cm³/mol. The molecular weight excluding hydrogens is 259 g/mol. The highest BCUT2D eigenvalue weighted by Crippen LogP contribution is 2.25. The Morgan fingerprint density at radius 1 is 1.25 bits per heavy atom.